The van der Waals surface area contributed by atoms with E-state index in [9.17, 15) is 9.90 Å². The van der Waals surface area contributed by atoms with Crippen LogP contribution < -0.4 is 5.63 Å². The molecule has 6 rings (SSSR count). The molecule has 1 N–H and O–H groups in total. The van der Waals surface area contributed by atoms with Gasteiger partial charge in [0.15, 0.2) is 0 Å². The summed E-state index contributed by atoms with van der Waals surface area (Å²) in [7, 11) is 0. The van der Waals surface area contributed by atoms with Crippen molar-refractivity contribution in [2.24, 2.45) is 11.8 Å². The molecule has 0 amide bonds. The smallest absolute Gasteiger partial charge is 0.336 e. The zero-order chi connectivity index (χ0) is 23.2. The fourth-order valence-electron chi connectivity index (χ4n) is 7.53. The number of phenolic OH excluding ortho intramolecular Hbond substituents is 1. The molecule has 1 aromatic heterocycles. The van der Waals surface area contributed by atoms with Crippen LogP contribution in [0.15, 0.2) is 39.1 Å². The molecule has 4 unspecified atom stereocenters. The lowest BCUT2D eigenvalue weighted by molar-refractivity contribution is -0.00274. The maximum Gasteiger partial charge on any atom is 0.336 e. The molecule has 4 aliphatic rings. The number of nitrogens with zero attached hydrogens (tertiary/aromatic N) is 2. The third-order valence-electron chi connectivity index (χ3n) is 9.00. The van der Waals surface area contributed by atoms with Gasteiger partial charge in [0.05, 0.1) is 5.56 Å². The van der Waals surface area contributed by atoms with Crippen LogP contribution in [-0.2, 0) is 13.0 Å². The van der Waals surface area contributed by atoms with Crippen molar-refractivity contribution in [2.75, 3.05) is 19.6 Å². The van der Waals surface area contributed by atoms with Gasteiger partial charge in [-0.3, -0.25) is 9.80 Å². The van der Waals surface area contributed by atoms with Crippen molar-refractivity contribution in [3.63, 3.8) is 0 Å². The van der Waals surface area contributed by atoms with E-state index < -0.39 is 0 Å². The summed E-state index contributed by atoms with van der Waals surface area (Å²) < 4.78 is 5.76. The van der Waals surface area contributed by atoms with E-state index >= 15 is 0 Å². The summed E-state index contributed by atoms with van der Waals surface area (Å²) in [5.74, 6) is 1.62. The van der Waals surface area contributed by atoms with Gasteiger partial charge in [-0.25, -0.2) is 4.79 Å². The summed E-state index contributed by atoms with van der Waals surface area (Å²) in [6.07, 6.45) is 13.4. The third-order valence-corrected chi connectivity index (χ3v) is 9.00. The molecule has 4 heterocycles. The second kappa shape index (κ2) is 9.16. The number of aromatic hydroxyl groups is 1. The molecule has 0 saturated carbocycles. The summed E-state index contributed by atoms with van der Waals surface area (Å²) >= 11 is 0. The van der Waals surface area contributed by atoms with Crippen molar-refractivity contribution < 1.29 is 9.52 Å². The Morgan fingerprint density at radius 1 is 1.18 bits per heavy atom. The van der Waals surface area contributed by atoms with E-state index in [2.05, 4.69) is 22.8 Å². The summed E-state index contributed by atoms with van der Waals surface area (Å²) in [5, 5.41) is 11.9. The molecular weight excluding hydrogens is 424 g/mol. The van der Waals surface area contributed by atoms with Crippen molar-refractivity contribution in [1.29, 1.82) is 0 Å². The van der Waals surface area contributed by atoms with Crippen molar-refractivity contribution >= 4 is 11.0 Å². The van der Waals surface area contributed by atoms with Gasteiger partial charge < -0.3 is 9.52 Å². The van der Waals surface area contributed by atoms with Gasteiger partial charge in [0.25, 0.3) is 0 Å². The molecular formula is C29H38N2O3. The lowest BCUT2D eigenvalue weighted by Gasteiger charge is -2.54. The molecule has 0 spiro atoms. The zero-order valence-corrected chi connectivity index (χ0v) is 20.5. The monoisotopic (exact) mass is 462 g/mol. The van der Waals surface area contributed by atoms with Crippen LogP contribution in [0.1, 0.15) is 69.4 Å². The van der Waals surface area contributed by atoms with E-state index in [-0.39, 0.29) is 11.4 Å². The Balaban J connectivity index is 1.35. The second-order valence-electron chi connectivity index (χ2n) is 11.1. The predicted molar refractivity (Wildman–Crippen MR) is 135 cm³/mol. The van der Waals surface area contributed by atoms with Crippen molar-refractivity contribution in [3.8, 4) is 5.75 Å². The molecule has 2 bridgehead atoms. The predicted octanol–water partition coefficient (Wildman–Crippen LogP) is 5.24. The Morgan fingerprint density at radius 3 is 2.97 bits per heavy atom. The highest BCUT2D eigenvalue weighted by Crippen LogP contribution is 2.45. The molecule has 0 radical (unpaired) electrons. The Labute approximate surface area is 202 Å². The SMILES string of the molecule is CCCCc1cc(=O)oc2c(CN3CCCC4=CC5CC(CN6CCCCC56)C43)c(O)ccc12. The Kier molecular flexibility index (Phi) is 6.02. The molecule has 182 valence electrons. The summed E-state index contributed by atoms with van der Waals surface area (Å²) in [6, 6.07) is 6.55. The fourth-order valence-corrected chi connectivity index (χ4v) is 7.53. The number of unbranched alkanes of at least 4 members (excludes halogenated alkanes) is 1. The maximum absolute atomic E-state index is 12.5. The Hall–Kier alpha value is -2.11. The first-order valence-electron chi connectivity index (χ1n) is 13.6. The van der Waals surface area contributed by atoms with Gasteiger partial charge in [-0.1, -0.05) is 31.4 Å². The van der Waals surface area contributed by atoms with Crippen molar-refractivity contribution in [2.45, 2.75) is 83.3 Å². The van der Waals surface area contributed by atoms with E-state index in [4.69, 9.17) is 4.42 Å². The number of hydrogen-bond donors (Lipinski definition) is 1. The van der Waals surface area contributed by atoms with Crippen LogP contribution in [0.2, 0.25) is 0 Å². The number of fused-ring (bicyclic) bond motifs is 7. The first-order chi connectivity index (χ1) is 16.6. The van der Waals surface area contributed by atoms with Gasteiger partial charge in [0.2, 0.25) is 0 Å². The highest BCUT2D eigenvalue weighted by Gasteiger charge is 2.46. The van der Waals surface area contributed by atoms with E-state index in [0.717, 1.165) is 60.7 Å². The average molecular weight is 463 g/mol. The third kappa shape index (κ3) is 3.91. The number of aryl methyl sites for hydroxylation is 1. The van der Waals surface area contributed by atoms with Crippen molar-refractivity contribution in [3.05, 3.63) is 51.4 Å². The van der Waals surface area contributed by atoms with Crippen LogP contribution >= 0.6 is 0 Å². The van der Waals surface area contributed by atoms with Gasteiger partial charge in [-0.15, -0.1) is 0 Å². The molecule has 3 fully saturated rings. The van der Waals surface area contributed by atoms with Gasteiger partial charge in [-0.2, -0.15) is 0 Å². The molecule has 1 aliphatic carbocycles. The Bertz CT molecular complexity index is 1150. The molecule has 1 aromatic carbocycles. The second-order valence-corrected chi connectivity index (χ2v) is 11.1. The van der Waals surface area contributed by atoms with Crippen LogP contribution in [0.25, 0.3) is 11.0 Å². The molecule has 2 aromatic rings. The van der Waals surface area contributed by atoms with E-state index in [0.29, 0.717) is 24.1 Å². The maximum atomic E-state index is 12.5. The lowest BCUT2D eigenvalue weighted by Crippen LogP contribution is -2.59. The lowest BCUT2D eigenvalue weighted by atomic mass is 9.68. The average Bonchev–Trinajstić information content (AvgIpc) is 2.84. The molecule has 4 atom stereocenters. The normalized spacial score (nSPS) is 29.5. The van der Waals surface area contributed by atoms with Crippen LogP contribution in [0.3, 0.4) is 0 Å². The number of phenols is 1. The van der Waals surface area contributed by atoms with Gasteiger partial charge >= 0.3 is 5.63 Å². The number of hydrogen-bond acceptors (Lipinski definition) is 5. The number of rotatable bonds is 5. The quantitative estimate of drug-likeness (QED) is 0.487. The van der Waals surface area contributed by atoms with Crippen LogP contribution in [0.5, 0.6) is 5.75 Å². The van der Waals surface area contributed by atoms with E-state index in [1.807, 2.05) is 6.07 Å². The molecule has 3 aliphatic heterocycles. The number of piperidine rings is 3. The van der Waals surface area contributed by atoms with Crippen molar-refractivity contribution in [1.82, 2.24) is 9.80 Å². The Morgan fingerprint density at radius 2 is 2.09 bits per heavy atom. The highest BCUT2D eigenvalue weighted by atomic mass is 16.4. The topological polar surface area (TPSA) is 56.9 Å². The minimum Gasteiger partial charge on any atom is -0.507 e. The fraction of sp³-hybridized carbons (Fsp3) is 0.621. The molecule has 5 nitrogen and oxygen atoms in total. The minimum absolute atomic E-state index is 0.243. The largest absolute Gasteiger partial charge is 0.507 e. The molecule has 5 heteroatoms. The standard InChI is InChI=1S/C29H38N2O3/c1-2-3-7-19-16-27(33)34-29-23(19)10-11-26(32)24(29)18-31-13-6-8-20-14-21-15-22(28(20)31)17-30-12-5-4-9-25(21)30/h10-11,14,16,21-22,25,28,32H,2-9,12-13,15,17-18H2,1H3. The number of benzene rings is 1. The minimum atomic E-state index is -0.311. The first-order valence-corrected chi connectivity index (χ1v) is 13.6. The summed E-state index contributed by atoms with van der Waals surface area (Å²) in [4.78, 5) is 17.8. The summed E-state index contributed by atoms with van der Waals surface area (Å²) in [5.41, 5.74) is 3.72. The van der Waals surface area contributed by atoms with E-state index in [1.165, 1.54) is 45.2 Å². The first kappa shape index (κ1) is 22.4. The summed E-state index contributed by atoms with van der Waals surface area (Å²) in [6.45, 7) is 6.29. The van der Waals surface area contributed by atoms with Gasteiger partial charge in [0.1, 0.15) is 11.3 Å². The van der Waals surface area contributed by atoms with Gasteiger partial charge in [0, 0.05) is 36.6 Å². The highest BCUT2D eigenvalue weighted by molar-refractivity contribution is 5.85. The van der Waals surface area contributed by atoms with Crippen LogP contribution in [0.4, 0.5) is 0 Å². The molecule has 3 saturated heterocycles. The zero-order valence-electron chi connectivity index (χ0n) is 20.5. The molecule has 34 heavy (non-hydrogen) atoms. The van der Waals surface area contributed by atoms with Crippen LogP contribution in [0, 0.1) is 11.8 Å². The van der Waals surface area contributed by atoms with Crippen LogP contribution in [-0.4, -0.2) is 46.6 Å². The van der Waals surface area contributed by atoms with E-state index in [1.54, 1.807) is 17.7 Å². The van der Waals surface area contributed by atoms with Gasteiger partial charge in [-0.05, 0) is 87.6 Å². The number of likely N-dealkylation sites (tertiary alicyclic amines) is 1.